The number of aromatic nitrogens is 3. The monoisotopic (exact) mass is 383 g/mol. The average Bonchev–Trinajstić information content (AvgIpc) is 3.35. The molecule has 1 atom stereocenters. The number of aryl methyl sites for hydroxylation is 3. The lowest BCUT2D eigenvalue weighted by Crippen LogP contribution is -2.37. The number of rotatable bonds is 4. The molecule has 7 nitrogen and oxygen atoms in total. The van der Waals surface area contributed by atoms with Gasteiger partial charge in [0.25, 0.3) is 5.91 Å². The maximum atomic E-state index is 12.4. The van der Waals surface area contributed by atoms with Gasteiger partial charge in [-0.2, -0.15) is 0 Å². The van der Waals surface area contributed by atoms with Gasteiger partial charge in [0.2, 0.25) is 5.95 Å². The molecule has 1 saturated heterocycles. The van der Waals surface area contributed by atoms with Gasteiger partial charge in [-0.3, -0.25) is 4.79 Å². The molecule has 1 fully saturated rings. The van der Waals surface area contributed by atoms with E-state index in [9.17, 15) is 4.79 Å². The van der Waals surface area contributed by atoms with E-state index in [4.69, 9.17) is 9.40 Å². The number of carbonyl (C=O) groups is 1. The summed E-state index contributed by atoms with van der Waals surface area (Å²) < 4.78 is 5.21. The Kier molecular flexibility index (Phi) is 4.65. The molecule has 0 aliphatic carbocycles. The van der Waals surface area contributed by atoms with Crippen LogP contribution in [0.25, 0.3) is 10.6 Å². The lowest BCUT2D eigenvalue weighted by Gasteiger charge is -2.17. The van der Waals surface area contributed by atoms with E-state index in [0.717, 1.165) is 34.2 Å². The maximum absolute atomic E-state index is 12.4. The molecule has 3 aromatic heterocycles. The molecule has 1 aliphatic rings. The third-order valence-corrected chi connectivity index (χ3v) is 5.78. The van der Waals surface area contributed by atoms with Crippen LogP contribution in [0.1, 0.15) is 33.2 Å². The highest BCUT2D eigenvalue weighted by Gasteiger charge is 2.27. The molecule has 4 rings (SSSR count). The predicted molar refractivity (Wildman–Crippen MR) is 104 cm³/mol. The second-order valence-corrected chi connectivity index (χ2v) is 7.89. The summed E-state index contributed by atoms with van der Waals surface area (Å²) in [5.74, 6) is 1.22. The largest absolute Gasteiger partial charge is 0.469 e. The van der Waals surface area contributed by atoms with Gasteiger partial charge < -0.3 is 14.6 Å². The molecule has 4 heterocycles. The van der Waals surface area contributed by atoms with E-state index in [1.165, 1.54) is 6.26 Å². The van der Waals surface area contributed by atoms with Gasteiger partial charge in [0.05, 0.1) is 33.1 Å². The number of nitrogens with zero attached hydrogens (tertiary/aromatic N) is 4. The topological polar surface area (TPSA) is 84.2 Å². The van der Waals surface area contributed by atoms with Crippen LogP contribution in [0.15, 0.2) is 29.0 Å². The molecular formula is C19H21N5O2S. The van der Waals surface area contributed by atoms with E-state index >= 15 is 0 Å². The Morgan fingerprint density at radius 2 is 2.15 bits per heavy atom. The van der Waals surface area contributed by atoms with E-state index in [1.54, 1.807) is 30.5 Å². The van der Waals surface area contributed by atoms with Gasteiger partial charge in [0.1, 0.15) is 5.76 Å². The second kappa shape index (κ2) is 7.11. The van der Waals surface area contributed by atoms with Gasteiger partial charge in [-0.1, -0.05) is 0 Å². The van der Waals surface area contributed by atoms with Crippen molar-refractivity contribution < 1.29 is 9.21 Å². The zero-order valence-corrected chi connectivity index (χ0v) is 16.3. The normalized spacial score (nSPS) is 16.7. The minimum Gasteiger partial charge on any atom is -0.469 e. The third-order valence-electron chi connectivity index (χ3n) is 4.69. The number of carbonyl (C=O) groups excluding carboxylic acids is 1. The molecule has 1 unspecified atom stereocenters. The molecule has 0 saturated carbocycles. The van der Waals surface area contributed by atoms with Crippen LogP contribution in [-0.4, -0.2) is 40.0 Å². The summed E-state index contributed by atoms with van der Waals surface area (Å²) in [7, 11) is 0. The fraction of sp³-hybridized carbons (Fsp3) is 0.368. The summed E-state index contributed by atoms with van der Waals surface area (Å²) in [5.41, 5.74) is 2.47. The van der Waals surface area contributed by atoms with Crippen LogP contribution in [0.3, 0.4) is 0 Å². The Balaban J connectivity index is 1.46. The SMILES string of the molecule is Cc1nc(C)c(-c2ccnc(N3CCC(NC(=O)c4ccoc4C)C3)n2)s1. The Bertz CT molecular complexity index is 980. The number of thiazole rings is 1. The minimum absolute atomic E-state index is 0.0615. The first-order valence-electron chi connectivity index (χ1n) is 8.88. The van der Waals surface area contributed by atoms with Gasteiger partial charge in [-0.05, 0) is 39.3 Å². The number of hydrogen-bond donors (Lipinski definition) is 1. The molecule has 3 aromatic rings. The molecule has 1 N–H and O–H groups in total. The number of hydrogen-bond acceptors (Lipinski definition) is 7. The summed E-state index contributed by atoms with van der Waals surface area (Å²) >= 11 is 1.64. The van der Waals surface area contributed by atoms with Crippen molar-refractivity contribution >= 4 is 23.2 Å². The van der Waals surface area contributed by atoms with Gasteiger partial charge in [0, 0.05) is 25.3 Å². The summed E-state index contributed by atoms with van der Waals surface area (Å²) in [6.07, 6.45) is 4.18. The summed E-state index contributed by atoms with van der Waals surface area (Å²) in [4.78, 5) is 29.2. The Morgan fingerprint density at radius 3 is 2.85 bits per heavy atom. The predicted octanol–water partition coefficient (Wildman–Crippen LogP) is 3.13. The third kappa shape index (κ3) is 3.57. The average molecular weight is 383 g/mol. The maximum Gasteiger partial charge on any atom is 0.255 e. The standard InChI is InChI=1S/C19H21N5O2S/c1-11-17(27-13(3)21-11)16-4-7-20-19(23-16)24-8-5-14(10-24)22-18(25)15-6-9-26-12(15)2/h4,6-7,9,14H,5,8,10H2,1-3H3,(H,22,25). The zero-order valence-electron chi connectivity index (χ0n) is 15.5. The molecule has 140 valence electrons. The first kappa shape index (κ1) is 17.7. The van der Waals surface area contributed by atoms with Crippen LogP contribution in [-0.2, 0) is 0 Å². The van der Waals surface area contributed by atoms with Crippen molar-refractivity contribution in [2.24, 2.45) is 0 Å². The van der Waals surface area contributed by atoms with Crippen molar-refractivity contribution in [3.05, 3.63) is 46.6 Å². The Hall–Kier alpha value is -2.74. The highest BCUT2D eigenvalue weighted by molar-refractivity contribution is 7.15. The highest BCUT2D eigenvalue weighted by Crippen LogP contribution is 2.29. The van der Waals surface area contributed by atoms with E-state index in [0.29, 0.717) is 23.8 Å². The van der Waals surface area contributed by atoms with Crippen LogP contribution in [0, 0.1) is 20.8 Å². The van der Waals surface area contributed by atoms with Crippen molar-refractivity contribution in [2.75, 3.05) is 18.0 Å². The van der Waals surface area contributed by atoms with E-state index in [2.05, 4.69) is 20.2 Å². The molecule has 0 aromatic carbocycles. The number of anilines is 1. The van der Waals surface area contributed by atoms with E-state index in [-0.39, 0.29) is 11.9 Å². The quantitative estimate of drug-likeness (QED) is 0.745. The first-order chi connectivity index (χ1) is 13.0. The molecule has 0 spiro atoms. The fourth-order valence-electron chi connectivity index (χ4n) is 3.34. The van der Waals surface area contributed by atoms with E-state index < -0.39 is 0 Å². The van der Waals surface area contributed by atoms with Crippen molar-refractivity contribution in [3.63, 3.8) is 0 Å². The Morgan fingerprint density at radius 1 is 1.30 bits per heavy atom. The summed E-state index contributed by atoms with van der Waals surface area (Å²) in [5, 5.41) is 4.11. The lowest BCUT2D eigenvalue weighted by atomic mass is 10.2. The van der Waals surface area contributed by atoms with Crippen molar-refractivity contribution in [3.8, 4) is 10.6 Å². The zero-order chi connectivity index (χ0) is 19.0. The van der Waals surface area contributed by atoms with Crippen LogP contribution < -0.4 is 10.2 Å². The first-order valence-corrected chi connectivity index (χ1v) is 9.70. The minimum atomic E-state index is -0.0986. The van der Waals surface area contributed by atoms with Gasteiger partial charge >= 0.3 is 0 Å². The second-order valence-electron chi connectivity index (χ2n) is 6.68. The van der Waals surface area contributed by atoms with Crippen LogP contribution in [0.5, 0.6) is 0 Å². The number of nitrogens with one attached hydrogen (secondary N) is 1. The fourth-order valence-corrected chi connectivity index (χ4v) is 4.23. The summed E-state index contributed by atoms with van der Waals surface area (Å²) in [6.45, 7) is 7.28. The van der Waals surface area contributed by atoms with Gasteiger partial charge in [-0.15, -0.1) is 11.3 Å². The molecule has 1 amide bonds. The van der Waals surface area contributed by atoms with Crippen molar-refractivity contribution in [2.45, 2.75) is 33.2 Å². The Labute approximate surface area is 161 Å². The lowest BCUT2D eigenvalue weighted by molar-refractivity contribution is 0.0939. The van der Waals surface area contributed by atoms with Crippen LogP contribution in [0.4, 0.5) is 5.95 Å². The van der Waals surface area contributed by atoms with Crippen molar-refractivity contribution in [1.29, 1.82) is 0 Å². The van der Waals surface area contributed by atoms with Crippen molar-refractivity contribution in [1.82, 2.24) is 20.3 Å². The molecule has 0 bridgehead atoms. The molecule has 1 aliphatic heterocycles. The summed E-state index contributed by atoms with van der Waals surface area (Å²) in [6, 6.07) is 3.68. The molecular weight excluding hydrogens is 362 g/mol. The number of furan rings is 1. The van der Waals surface area contributed by atoms with E-state index in [1.807, 2.05) is 19.9 Å². The number of amides is 1. The van der Waals surface area contributed by atoms with Crippen LogP contribution >= 0.6 is 11.3 Å². The molecule has 8 heteroatoms. The molecule has 27 heavy (non-hydrogen) atoms. The van der Waals surface area contributed by atoms with Gasteiger partial charge in [0.15, 0.2) is 0 Å². The van der Waals surface area contributed by atoms with Crippen LogP contribution in [0.2, 0.25) is 0 Å². The van der Waals surface area contributed by atoms with Gasteiger partial charge in [-0.25, -0.2) is 15.0 Å². The smallest absolute Gasteiger partial charge is 0.255 e. The molecule has 0 radical (unpaired) electrons. The highest BCUT2D eigenvalue weighted by atomic mass is 32.1.